The molecule has 8 heteroatoms. The molecule has 0 spiro atoms. The molecule has 154 valence electrons. The number of benzene rings is 1. The van der Waals surface area contributed by atoms with Crippen LogP contribution in [0.4, 0.5) is 21.7 Å². The lowest BCUT2D eigenvalue weighted by molar-refractivity contribution is 0.100. The molecule has 1 saturated carbocycles. The first-order valence-electron chi connectivity index (χ1n) is 9.79. The molecule has 7 nitrogen and oxygen atoms in total. The number of hydrogen-bond donors (Lipinski definition) is 4. The van der Waals surface area contributed by atoms with E-state index in [0.717, 1.165) is 30.0 Å². The van der Waals surface area contributed by atoms with Crippen molar-refractivity contribution < 1.29 is 9.18 Å². The van der Waals surface area contributed by atoms with Gasteiger partial charge in [-0.2, -0.15) is 0 Å². The second kappa shape index (κ2) is 8.46. The summed E-state index contributed by atoms with van der Waals surface area (Å²) in [5, 5.41) is 6.12. The Labute approximate surface area is 173 Å². The Hall–Kier alpha value is -3.52. The number of nitrogens with two attached hydrogens (primary N) is 2. The Bertz CT molecular complexity index is 1050. The number of aromatic nitrogens is 2. The number of rotatable bonds is 8. The van der Waals surface area contributed by atoms with Crippen molar-refractivity contribution >= 4 is 23.2 Å². The predicted octanol–water partition coefficient (Wildman–Crippen LogP) is 3.27. The van der Waals surface area contributed by atoms with E-state index in [1.807, 2.05) is 36.4 Å². The highest BCUT2D eigenvalue weighted by atomic mass is 19.1. The maximum atomic E-state index is 14.6. The fourth-order valence-electron chi connectivity index (χ4n) is 3.35. The van der Waals surface area contributed by atoms with Gasteiger partial charge < -0.3 is 22.1 Å². The van der Waals surface area contributed by atoms with Crippen LogP contribution >= 0.6 is 0 Å². The van der Waals surface area contributed by atoms with Gasteiger partial charge in [-0.25, -0.2) is 9.37 Å². The van der Waals surface area contributed by atoms with E-state index in [1.165, 1.54) is 0 Å². The van der Waals surface area contributed by atoms with Gasteiger partial charge in [-0.05, 0) is 36.5 Å². The van der Waals surface area contributed by atoms with Gasteiger partial charge in [-0.3, -0.25) is 9.78 Å². The van der Waals surface area contributed by atoms with Gasteiger partial charge in [0, 0.05) is 24.3 Å². The number of nitrogens with one attached hydrogen (secondary N) is 2. The molecule has 1 amide bonds. The van der Waals surface area contributed by atoms with Crippen LogP contribution < -0.4 is 22.1 Å². The van der Waals surface area contributed by atoms with Crippen LogP contribution in [0.3, 0.4) is 0 Å². The van der Waals surface area contributed by atoms with Gasteiger partial charge in [0.05, 0.1) is 17.4 Å². The van der Waals surface area contributed by atoms with Crippen molar-refractivity contribution in [3.05, 3.63) is 66.2 Å². The lowest BCUT2D eigenvalue weighted by atomic mass is 10.1. The first-order chi connectivity index (χ1) is 14.5. The number of halogens is 1. The summed E-state index contributed by atoms with van der Waals surface area (Å²) in [4.78, 5) is 20.4. The molecule has 1 atom stereocenters. The zero-order chi connectivity index (χ0) is 21.1. The zero-order valence-electron chi connectivity index (χ0n) is 16.3. The van der Waals surface area contributed by atoms with Gasteiger partial charge in [0.1, 0.15) is 5.82 Å². The molecule has 1 aromatic carbocycles. The second-order valence-electron chi connectivity index (χ2n) is 7.36. The van der Waals surface area contributed by atoms with Crippen LogP contribution in [-0.4, -0.2) is 28.5 Å². The van der Waals surface area contributed by atoms with Gasteiger partial charge in [-0.1, -0.05) is 30.3 Å². The number of carbonyl (C=O) groups is 1. The van der Waals surface area contributed by atoms with E-state index in [0.29, 0.717) is 18.2 Å². The monoisotopic (exact) mass is 406 g/mol. The smallest absolute Gasteiger partial charge is 0.252 e. The first-order valence-corrected chi connectivity index (χ1v) is 9.79. The van der Waals surface area contributed by atoms with Crippen LogP contribution in [0.5, 0.6) is 0 Å². The quantitative estimate of drug-likeness (QED) is 0.456. The molecule has 6 N–H and O–H groups in total. The maximum absolute atomic E-state index is 14.6. The van der Waals surface area contributed by atoms with Crippen molar-refractivity contribution in [3.63, 3.8) is 0 Å². The zero-order valence-corrected chi connectivity index (χ0v) is 16.3. The second-order valence-corrected chi connectivity index (χ2v) is 7.36. The Kier molecular flexibility index (Phi) is 5.58. The van der Waals surface area contributed by atoms with Crippen molar-refractivity contribution in [1.82, 2.24) is 9.97 Å². The van der Waals surface area contributed by atoms with Gasteiger partial charge >= 0.3 is 0 Å². The van der Waals surface area contributed by atoms with Crippen molar-refractivity contribution in [2.45, 2.75) is 18.9 Å². The summed E-state index contributed by atoms with van der Waals surface area (Å²) in [6, 6.07) is 12.7. The molecule has 2 heterocycles. The fraction of sp³-hybridized carbons (Fsp3) is 0.227. The third-order valence-corrected chi connectivity index (χ3v) is 5.12. The molecule has 0 bridgehead atoms. The Balaban J connectivity index is 1.65. The van der Waals surface area contributed by atoms with Crippen molar-refractivity contribution in [1.29, 1.82) is 0 Å². The molecule has 3 aromatic rings. The number of hydrogen-bond acceptors (Lipinski definition) is 6. The van der Waals surface area contributed by atoms with Crippen molar-refractivity contribution in [2.75, 3.05) is 17.2 Å². The van der Waals surface area contributed by atoms with Crippen LogP contribution in [0.2, 0.25) is 0 Å². The fourth-order valence-corrected chi connectivity index (χ4v) is 3.35. The largest absolute Gasteiger partial charge is 0.365 e. The van der Waals surface area contributed by atoms with E-state index in [1.54, 1.807) is 12.4 Å². The van der Waals surface area contributed by atoms with Crippen LogP contribution in [-0.2, 0) is 0 Å². The summed E-state index contributed by atoms with van der Waals surface area (Å²) in [7, 11) is 0. The summed E-state index contributed by atoms with van der Waals surface area (Å²) < 4.78 is 14.6. The van der Waals surface area contributed by atoms with Gasteiger partial charge in [-0.15, -0.1) is 0 Å². The summed E-state index contributed by atoms with van der Waals surface area (Å²) in [6.45, 7) is 0.370. The molecule has 4 rings (SSSR count). The van der Waals surface area contributed by atoms with Crippen LogP contribution in [0.15, 0.2) is 54.9 Å². The van der Waals surface area contributed by atoms with Crippen LogP contribution in [0, 0.1) is 11.7 Å². The number of nitrogens with zero attached hydrogens (tertiary/aromatic N) is 2. The van der Waals surface area contributed by atoms with Crippen molar-refractivity contribution in [3.8, 4) is 11.1 Å². The highest BCUT2D eigenvalue weighted by Gasteiger charge is 2.31. The number of anilines is 3. The molecule has 1 aliphatic carbocycles. The Morgan fingerprint density at radius 2 is 1.90 bits per heavy atom. The highest BCUT2D eigenvalue weighted by molar-refractivity contribution is 5.98. The summed E-state index contributed by atoms with van der Waals surface area (Å²) in [5.41, 5.74) is 13.7. The Morgan fingerprint density at radius 3 is 2.57 bits per heavy atom. The van der Waals surface area contributed by atoms with Gasteiger partial charge in [0.15, 0.2) is 11.6 Å². The van der Waals surface area contributed by atoms with Crippen LogP contribution in [0.1, 0.15) is 23.2 Å². The van der Waals surface area contributed by atoms with E-state index in [2.05, 4.69) is 20.6 Å². The molecular weight excluding hydrogens is 383 g/mol. The maximum Gasteiger partial charge on any atom is 0.252 e. The normalized spacial score (nSPS) is 14.2. The SMILES string of the molecule is NC[C@H](Nc1nc(Nc2cncc(-c3ccccc3)c2)c(C(N)=O)cc1F)C1CC1. The van der Waals surface area contributed by atoms with E-state index >= 15 is 0 Å². The third kappa shape index (κ3) is 4.38. The summed E-state index contributed by atoms with van der Waals surface area (Å²) in [6.07, 6.45) is 5.45. The van der Waals surface area contributed by atoms with Gasteiger partial charge in [0.25, 0.3) is 5.91 Å². The minimum atomic E-state index is -0.778. The molecule has 0 aliphatic heterocycles. The lowest BCUT2D eigenvalue weighted by Gasteiger charge is -2.19. The van der Waals surface area contributed by atoms with Gasteiger partial charge in [0.2, 0.25) is 0 Å². The standard InChI is InChI=1S/C22H23FN6O/c23-18-9-17(20(25)30)21(29-22(18)28-19(10-24)14-6-7-14)27-16-8-15(11-26-12-16)13-4-2-1-3-5-13/h1-5,8-9,11-12,14,19H,6-7,10,24H2,(H2,25,30)(H2,27,28,29)/t19-/m0/s1. The highest BCUT2D eigenvalue weighted by Crippen LogP contribution is 2.34. The number of amides is 1. The molecular formula is C22H23FN6O. The lowest BCUT2D eigenvalue weighted by Crippen LogP contribution is -2.32. The number of primary amides is 1. The average molecular weight is 406 g/mol. The molecule has 0 radical (unpaired) electrons. The predicted molar refractivity (Wildman–Crippen MR) is 115 cm³/mol. The van der Waals surface area contributed by atoms with E-state index in [4.69, 9.17) is 11.5 Å². The third-order valence-electron chi connectivity index (χ3n) is 5.12. The minimum absolute atomic E-state index is 0.0389. The molecule has 30 heavy (non-hydrogen) atoms. The summed E-state index contributed by atoms with van der Waals surface area (Å²) >= 11 is 0. The minimum Gasteiger partial charge on any atom is -0.365 e. The average Bonchev–Trinajstić information content (AvgIpc) is 3.59. The Morgan fingerprint density at radius 1 is 1.13 bits per heavy atom. The summed E-state index contributed by atoms with van der Waals surface area (Å²) in [5.74, 6) is -0.818. The number of pyridine rings is 2. The number of carbonyl (C=O) groups excluding carboxylic acids is 1. The molecule has 0 saturated heterocycles. The first kappa shape index (κ1) is 19.8. The van der Waals surface area contributed by atoms with E-state index in [-0.39, 0.29) is 23.2 Å². The molecule has 0 unspecified atom stereocenters. The van der Waals surface area contributed by atoms with Crippen molar-refractivity contribution in [2.24, 2.45) is 17.4 Å². The molecule has 1 aliphatic rings. The molecule has 2 aromatic heterocycles. The van der Waals surface area contributed by atoms with Crippen LogP contribution in [0.25, 0.3) is 11.1 Å². The van der Waals surface area contributed by atoms with E-state index < -0.39 is 11.7 Å². The molecule has 1 fully saturated rings. The topological polar surface area (TPSA) is 119 Å². The van der Waals surface area contributed by atoms with E-state index in [9.17, 15) is 9.18 Å².